The van der Waals surface area contributed by atoms with E-state index in [0.29, 0.717) is 11.3 Å². The monoisotopic (exact) mass is 182 g/mol. The highest BCUT2D eigenvalue weighted by Gasteiger charge is 2.12. The van der Waals surface area contributed by atoms with Gasteiger partial charge in [-0.3, -0.25) is 0 Å². The summed E-state index contributed by atoms with van der Waals surface area (Å²) in [5, 5.41) is 0. The second-order valence-corrected chi connectivity index (χ2v) is 3.42. The summed E-state index contributed by atoms with van der Waals surface area (Å²) in [5.41, 5.74) is 6.83. The van der Waals surface area contributed by atoms with Crippen molar-refractivity contribution in [3.8, 4) is 0 Å². The number of hydrogen-bond acceptors (Lipinski definition) is 2. The fourth-order valence-corrected chi connectivity index (χ4v) is 1.16. The molecule has 0 aromatic heterocycles. The van der Waals surface area contributed by atoms with Crippen molar-refractivity contribution in [2.24, 2.45) is 0 Å². The van der Waals surface area contributed by atoms with Crippen LogP contribution in [0.4, 0.5) is 10.1 Å². The summed E-state index contributed by atoms with van der Waals surface area (Å²) in [4.78, 5) is 1.94. The summed E-state index contributed by atoms with van der Waals surface area (Å²) in [6, 6.07) is 4.70. The summed E-state index contributed by atoms with van der Waals surface area (Å²) < 4.78 is 13.3. The SMILES string of the molecule is CC(c1cc(N)ccc1F)N(C)C. The van der Waals surface area contributed by atoms with Crippen LogP contribution in [0.1, 0.15) is 18.5 Å². The summed E-state index contributed by atoms with van der Waals surface area (Å²) in [6.07, 6.45) is 0. The maximum absolute atomic E-state index is 13.3. The van der Waals surface area contributed by atoms with E-state index in [4.69, 9.17) is 5.73 Å². The van der Waals surface area contributed by atoms with Gasteiger partial charge in [-0.1, -0.05) is 0 Å². The van der Waals surface area contributed by atoms with Gasteiger partial charge in [0, 0.05) is 17.3 Å². The summed E-state index contributed by atoms with van der Waals surface area (Å²) in [7, 11) is 3.82. The summed E-state index contributed by atoms with van der Waals surface area (Å²) in [5.74, 6) is -0.199. The third-order valence-corrected chi connectivity index (χ3v) is 2.24. The van der Waals surface area contributed by atoms with Crippen LogP contribution in [0.5, 0.6) is 0 Å². The average molecular weight is 182 g/mol. The first-order valence-electron chi connectivity index (χ1n) is 4.23. The van der Waals surface area contributed by atoms with E-state index in [1.54, 1.807) is 12.1 Å². The maximum atomic E-state index is 13.3. The number of rotatable bonds is 2. The highest BCUT2D eigenvalue weighted by Crippen LogP contribution is 2.22. The fourth-order valence-electron chi connectivity index (χ4n) is 1.16. The second-order valence-electron chi connectivity index (χ2n) is 3.42. The van der Waals surface area contributed by atoms with Crippen molar-refractivity contribution in [1.29, 1.82) is 0 Å². The Labute approximate surface area is 78.2 Å². The zero-order valence-electron chi connectivity index (χ0n) is 8.21. The molecule has 3 heteroatoms. The Kier molecular flexibility index (Phi) is 2.88. The molecule has 0 aliphatic carbocycles. The lowest BCUT2D eigenvalue weighted by atomic mass is 10.1. The minimum Gasteiger partial charge on any atom is -0.399 e. The molecule has 0 radical (unpaired) electrons. The van der Waals surface area contributed by atoms with Gasteiger partial charge in [0.2, 0.25) is 0 Å². The van der Waals surface area contributed by atoms with Crippen LogP contribution in [0.2, 0.25) is 0 Å². The van der Waals surface area contributed by atoms with E-state index in [-0.39, 0.29) is 11.9 Å². The molecule has 2 nitrogen and oxygen atoms in total. The standard InChI is InChI=1S/C10H15FN2/c1-7(13(2)3)9-6-8(12)4-5-10(9)11/h4-7H,12H2,1-3H3. The zero-order chi connectivity index (χ0) is 10.0. The lowest BCUT2D eigenvalue weighted by Gasteiger charge is -2.20. The molecule has 0 heterocycles. The van der Waals surface area contributed by atoms with Crippen LogP contribution in [0.3, 0.4) is 0 Å². The number of halogens is 1. The highest BCUT2D eigenvalue weighted by molar-refractivity contribution is 5.42. The van der Waals surface area contributed by atoms with E-state index in [1.165, 1.54) is 6.07 Å². The van der Waals surface area contributed by atoms with Crippen molar-refractivity contribution < 1.29 is 4.39 Å². The lowest BCUT2D eigenvalue weighted by molar-refractivity contribution is 0.313. The Morgan fingerprint density at radius 3 is 2.54 bits per heavy atom. The van der Waals surface area contributed by atoms with Gasteiger partial charge < -0.3 is 10.6 Å². The molecule has 13 heavy (non-hydrogen) atoms. The van der Waals surface area contributed by atoms with Crippen molar-refractivity contribution in [2.45, 2.75) is 13.0 Å². The third kappa shape index (κ3) is 2.18. The first-order valence-corrected chi connectivity index (χ1v) is 4.23. The number of benzene rings is 1. The molecule has 1 atom stereocenters. The summed E-state index contributed by atoms with van der Waals surface area (Å²) in [6.45, 7) is 1.94. The number of nitrogen functional groups attached to an aromatic ring is 1. The molecule has 0 bridgehead atoms. The van der Waals surface area contributed by atoms with E-state index in [9.17, 15) is 4.39 Å². The van der Waals surface area contributed by atoms with E-state index < -0.39 is 0 Å². The van der Waals surface area contributed by atoms with Crippen molar-refractivity contribution in [1.82, 2.24) is 4.90 Å². The highest BCUT2D eigenvalue weighted by atomic mass is 19.1. The first-order chi connectivity index (χ1) is 6.02. The minimum absolute atomic E-state index is 0.0449. The molecule has 0 spiro atoms. The van der Waals surface area contributed by atoms with Gasteiger partial charge in [-0.05, 0) is 39.2 Å². The molecule has 0 saturated heterocycles. The van der Waals surface area contributed by atoms with Gasteiger partial charge in [0.05, 0.1) is 0 Å². The molecule has 2 N–H and O–H groups in total. The predicted molar refractivity (Wildman–Crippen MR) is 52.9 cm³/mol. The number of nitrogens with two attached hydrogens (primary N) is 1. The van der Waals surface area contributed by atoms with E-state index in [2.05, 4.69) is 0 Å². The quantitative estimate of drug-likeness (QED) is 0.709. The Morgan fingerprint density at radius 1 is 1.38 bits per heavy atom. The van der Waals surface area contributed by atoms with Gasteiger partial charge in [0.15, 0.2) is 0 Å². The summed E-state index contributed by atoms with van der Waals surface area (Å²) >= 11 is 0. The maximum Gasteiger partial charge on any atom is 0.128 e. The van der Waals surface area contributed by atoms with Crippen molar-refractivity contribution in [3.63, 3.8) is 0 Å². The molecular formula is C10H15FN2. The van der Waals surface area contributed by atoms with Crippen molar-refractivity contribution >= 4 is 5.69 Å². The van der Waals surface area contributed by atoms with Crippen LogP contribution in [0, 0.1) is 5.82 Å². The molecular weight excluding hydrogens is 167 g/mol. The molecule has 1 aromatic carbocycles. The minimum atomic E-state index is -0.199. The zero-order valence-corrected chi connectivity index (χ0v) is 8.21. The molecule has 0 fully saturated rings. The molecule has 72 valence electrons. The van der Waals surface area contributed by atoms with Crippen LogP contribution < -0.4 is 5.73 Å². The number of hydrogen-bond donors (Lipinski definition) is 1. The Hall–Kier alpha value is -1.09. The predicted octanol–water partition coefficient (Wildman–Crippen LogP) is 2.03. The molecule has 1 aromatic rings. The number of nitrogens with zero attached hydrogens (tertiary/aromatic N) is 1. The molecule has 0 aliphatic heterocycles. The normalized spacial score (nSPS) is 13.3. The molecule has 1 unspecified atom stereocenters. The Balaban J connectivity index is 3.05. The van der Waals surface area contributed by atoms with Crippen molar-refractivity contribution in [2.75, 3.05) is 19.8 Å². The smallest absolute Gasteiger partial charge is 0.128 e. The van der Waals surface area contributed by atoms with Crippen LogP contribution in [-0.2, 0) is 0 Å². The van der Waals surface area contributed by atoms with Crippen LogP contribution in [-0.4, -0.2) is 19.0 Å². The van der Waals surface area contributed by atoms with E-state index >= 15 is 0 Å². The molecule has 1 rings (SSSR count). The van der Waals surface area contributed by atoms with E-state index in [1.807, 2.05) is 25.9 Å². The third-order valence-electron chi connectivity index (χ3n) is 2.24. The van der Waals surface area contributed by atoms with Crippen LogP contribution >= 0.6 is 0 Å². The molecule has 0 saturated carbocycles. The van der Waals surface area contributed by atoms with Gasteiger partial charge in [-0.15, -0.1) is 0 Å². The largest absolute Gasteiger partial charge is 0.399 e. The average Bonchev–Trinajstić information content (AvgIpc) is 2.08. The van der Waals surface area contributed by atoms with Gasteiger partial charge in [-0.25, -0.2) is 4.39 Å². The molecule has 0 amide bonds. The topological polar surface area (TPSA) is 29.3 Å². The van der Waals surface area contributed by atoms with Crippen LogP contribution in [0.15, 0.2) is 18.2 Å². The van der Waals surface area contributed by atoms with Gasteiger partial charge in [0.1, 0.15) is 5.82 Å². The lowest BCUT2D eigenvalue weighted by Crippen LogP contribution is -2.18. The van der Waals surface area contributed by atoms with E-state index in [0.717, 1.165) is 0 Å². The second kappa shape index (κ2) is 3.75. The Morgan fingerprint density at radius 2 is 2.00 bits per heavy atom. The fraction of sp³-hybridized carbons (Fsp3) is 0.400. The van der Waals surface area contributed by atoms with Crippen molar-refractivity contribution in [3.05, 3.63) is 29.6 Å². The first kappa shape index (κ1) is 9.99. The van der Waals surface area contributed by atoms with Gasteiger partial charge in [0.25, 0.3) is 0 Å². The van der Waals surface area contributed by atoms with Gasteiger partial charge >= 0.3 is 0 Å². The Bertz CT molecular complexity index is 297. The number of anilines is 1. The van der Waals surface area contributed by atoms with Crippen LogP contribution in [0.25, 0.3) is 0 Å². The molecule has 0 aliphatic rings. The van der Waals surface area contributed by atoms with Gasteiger partial charge in [-0.2, -0.15) is 0 Å².